The zero-order chi connectivity index (χ0) is 20.2. The normalized spacial score (nSPS) is 15.6. The van der Waals surface area contributed by atoms with E-state index in [9.17, 15) is 9.59 Å². The van der Waals surface area contributed by atoms with Gasteiger partial charge in [0.2, 0.25) is 5.91 Å². The minimum Gasteiger partial charge on any atom is -0.462 e. The van der Waals surface area contributed by atoms with E-state index < -0.39 is 5.92 Å². The average molecular weight is 384 g/mol. The summed E-state index contributed by atoms with van der Waals surface area (Å²) in [6, 6.07) is 24.2. The Bertz CT molecular complexity index is 1070. The second-order valence-corrected chi connectivity index (χ2v) is 6.64. The molecule has 0 saturated carbocycles. The van der Waals surface area contributed by atoms with Crippen molar-refractivity contribution < 1.29 is 14.3 Å². The lowest BCUT2D eigenvalue weighted by atomic mass is 9.90. The molecule has 0 bridgehead atoms. The van der Waals surface area contributed by atoms with Crippen molar-refractivity contribution in [1.29, 1.82) is 0 Å². The Hall–Kier alpha value is -3.73. The maximum Gasteiger partial charge on any atom is 0.338 e. The lowest BCUT2D eigenvalue weighted by molar-refractivity contribution is -0.115. The van der Waals surface area contributed by atoms with Crippen LogP contribution in [0.4, 0.5) is 11.4 Å². The highest BCUT2D eigenvalue weighted by Gasteiger charge is 2.35. The number of nitrogens with zero attached hydrogens (tertiary/aromatic N) is 1. The number of esters is 1. The standard InChI is InChI=1S/C24H20N2O3/c1-2-29-24(28)17-12-14-18(15-13-17)25-22(16-8-4-3-5-9-16)21-19-10-6-7-11-20(19)26-23(21)27/h3-15,21H,2H2,1H3,(H,26,27). The number of carbonyl (C=O) groups is 2. The first kappa shape index (κ1) is 18.6. The number of ether oxygens (including phenoxy) is 1. The molecule has 0 aromatic heterocycles. The molecule has 3 aromatic carbocycles. The number of anilines is 1. The zero-order valence-electron chi connectivity index (χ0n) is 16.0. The third kappa shape index (κ3) is 3.80. The largest absolute Gasteiger partial charge is 0.462 e. The van der Waals surface area contributed by atoms with Gasteiger partial charge in [0, 0.05) is 5.69 Å². The van der Waals surface area contributed by atoms with Gasteiger partial charge in [-0.15, -0.1) is 0 Å². The second-order valence-electron chi connectivity index (χ2n) is 6.64. The number of hydrogen-bond donors (Lipinski definition) is 1. The molecule has 1 atom stereocenters. The monoisotopic (exact) mass is 384 g/mol. The Balaban J connectivity index is 1.77. The van der Waals surface area contributed by atoms with Gasteiger partial charge in [-0.05, 0) is 48.4 Å². The van der Waals surface area contributed by atoms with Gasteiger partial charge in [0.25, 0.3) is 0 Å². The van der Waals surface area contributed by atoms with Gasteiger partial charge in [0.1, 0.15) is 5.92 Å². The molecule has 5 heteroatoms. The molecule has 5 nitrogen and oxygen atoms in total. The van der Waals surface area contributed by atoms with Crippen LogP contribution >= 0.6 is 0 Å². The van der Waals surface area contributed by atoms with Crippen LogP contribution < -0.4 is 5.32 Å². The van der Waals surface area contributed by atoms with Crippen molar-refractivity contribution in [2.45, 2.75) is 12.8 Å². The number of benzene rings is 3. The Kier molecular flexibility index (Phi) is 5.20. The molecule has 0 aliphatic carbocycles. The van der Waals surface area contributed by atoms with E-state index in [4.69, 9.17) is 9.73 Å². The Labute approximate surface area is 169 Å². The molecule has 0 radical (unpaired) electrons. The van der Waals surface area contributed by atoms with Crippen molar-refractivity contribution in [3.8, 4) is 0 Å². The molecule has 1 N–H and O–H groups in total. The minimum atomic E-state index is -0.502. The molecule has 3 aromatic rings. The van der Waals surface area contributed by atoms with E-state index in [2.05, 4.69) is 5.32 Å². The van der Waals surface area contributed by atoms with Gasteiger partial charge in [-0.2, -0.15) is 0 Å². The van der Waals surface area contributed by atoms with Crippen LogP contribution in [-0.2, 0) is 9.53 Å². The predicted molar refractivity (Wildman–Crippen MR) is 113 cm³/mol. The lowest BCUT2D eigenvalue weighted by Crippen LogP contribution is -2.21. The molecule has 1 unspecified atom stereocenters. The predicted octanol–water partition coefficient (Wildman–Crippen LogP) is 4.72. The van der Waals surface area contributed by atoms with Gasteiger partial charge < -0.3 is 10.1 Å². The summed E-state index contributed by atoms with van der Waals surface area (Å²) in [5, 5.41) is 2.94. The fourth-order valence-electron chi connectivity index (χ4n) is 3.41. The quantitative estimate of drug-likeness (QED) is 0.511. The van der Waals surface area contributed by atoms with E-state index in [-0.39, 0.29) is 11.9 Å². The van der Waals surface area contributed by atoms with E-state index in [1.165, 1.54) is 0 Å². The van der Waals surface area contributed by atoms with E-state index >= 15 is 0 Å². The van der Waals surface area contributed by atoms with Crippen LogP contribution in [0.15, 0.2) is 83.9 Å². The summed E-state index contributed by atoms with van der Waals surface area (Å²) in [6.07, 6.45) is 0. The highest BCUT2D eigenvalue weighted by Crippen LogP contribution is 2.36. The second kappa shape index (κ2) is 8.10. The summed E-state index contributed by atoms with van der Waals surface area (Å²) >= 11 is 0. The fraction of sp³-hybridized carbons (Fsp3) is 0.125. The SMILES string of the molecule is CCOC(=O)c1ccc(N=C(c2ccccc2)C2C(=O)Nc3ccccc32)cc1. The number of carbonyl (C=O) groups excluding carboxylic acids is 2. The molecule has 29 heavy (non-hydrogen) atoms. The number of nitrogens with one attached hydrogen (secondary N) is 1. The first-order valence-corrected chi connectivity index (χ1v) is 9.48. The van der Waals surface area contributed by atoms with Crippen LogP contribution in [-0.4, -0.2) is 24.2 Å². The summed E-state index contributed by atoms with van der Waals surface area (Å²) in [5.74, 6) is -0.967. The van der Waals surface area contributed by atoms with Crippen molar-refractivity contribution in [3.05, 3.63) is 95.6 Å². The molecule has 144 valence electrons. The lowest BCUT2D eigenvalue weighted by Gasteiger charge is -2.14. The van der Waals surface area contributed by atoms with Crippen molar-refractivity contribution >= 4 is 29.0 Å². The molecule has 0 saturated heterocycles. The maximum atomic E-state index is 12.8. The zero-order valence-corrected chi connectivity index (χ0v) is 16.0. The van der Waals surface area contributed by atoms with Gasteiger partial charge in [-0.1, -0.05) is 48.5 Å². The van der Waals surface area contributed by atoms with Crippen molar-refractivity contribution in [2.75, 3.05) is 11.9 Å². The Morgan fingerprint density at radius 1 is 0.931 bits per heavy atom. The van der Waals surface area contributed by atoms with Crippen molar-refractivity contribution in [2.24, 2.45) is 4.99 Å². The molecule has 1 heterocycles. The molecular formula is C24H20N2O3. The van der Waals surface area contributed by atoms with E-state index in [1.54, 1.807) is 31.2 Å². The van der Waals surface area contributed by atoms with Gasteiger partial charge >= 0.3 is 5.97 Å². The highest BCUT2D eigenvalue weighted by atomic mass is 16.5. The summed E-state index contributed by atoms with van der Waals surface area (Å²) in [4.78, 5) is 29.5. The first-order chi connectivity index (χ1) is 14.2. The van der Waals surface area contributed by atoms with Crippen LogP contribution in [0.1, 0.15) is 34.3 Å². The van der Waals surface area contributed by atoms with Crippen LogP contribution in [0, 0.1) is 0 Å². The number of aliphatic imine (C=N–C) groups is 1. The van der Waals surface area contributed by atoms with E-state index in [1.807, 2.05) is 54.6 Å². The number of fused-ring (bicyclic) bond motifs is 1. The molecule has 1 amide bonds. The van der Waals surface area contributed by atoms with Gasteiger partial charge in [0.15, 0.2) is 0 Å². The van der Waals surface area contributed by atoms with E-state index in [0.29, 0.717) is 23.6 Å². The topological polar surface area (TPSA) is 67.8 Å². The number of rotatable bonds is 5. The van der Waals surface area contributed by atoms with Crippen molar-refractivity contribution in [1.82, 2.24) is 0 Å². The Morgan fingerprint density at radius 3 is 2.34 bits per heavy atom. The maximum absolute atomic E-state index is 12.8. The minimum absolute atomic E-state index is 0.100. The number of para-hydroxylation sites is 1. The summed E-state index contributed by atoms with van der Waals surface area (Å²) in [5.41, 5.74) is 4.38. The van der Waals surface area contributed by atoms with Crippen LogP contribution in [0.3, 0.4) is 0 Å². The molecule has 4 rings (SSSR count). The van der Waals surface area contributed by atoms with Gasteiger partial charge in [0.05, 0.1) is 23.6 Å². The summed E-state index contributed by atoms with van der Waals surface area (Å²) in [7, 11) is 0. The molecule has 0 spiro atoms. The van der Waals surface area contributed by atoms with Gasteiger partial charge in [-0.25, -0.2) is 4.79 Å². The van der Waals surface area contributed by atoms with Gasteiger partial charge in [-0.3, -0.25) is 9.79 Å². The average Bonchev–Trinajstić information content (AvgIpc) is 3.09. The molecular weight excluding hydrogens is 364 g/mol. The molecule has 1 aliphatic heterocycles. The smallest absolute Gasteiger partial charge is 0.338 e. The van der Waals surface area contributed by atoms with Crippen LogP contribution in [0.5, 0.6) is 0 Å². The third-order valence-corrected chi connectivity index (χ3v) is 4.76. The molecule has 0 fully saturated rings. The first-order valence-electron chi connectivity index (χ1n) is 9.48. The number of amides is 1. The fourth-order valence-corrected chi connectivity index (χ4v) is 3.41. The number of hydrogen-bond acceptors (Lipinski definition) is 4. The molecule has 1 aliphatic rings. The van der Waals surface area contributed by atoms with E-state index in [0.717, 1.165) is 16.8 Å². The Morgan fingerprint density at radius 2 is 1.62 bits per heavy atom. The van der Waals surface area contributed by atoms with Crippen LogP contribution in [0.2, 0.25) is 0 Å². The highest BCUT2D eigenvalue weighted by molar-refractivity contribution is 6.24. The summed E-state index contributed by atoms with van der Waals surface area (Å²) in [6.45, 7) is 2.10. The van der Waals surface area contributed by atoms with Crippen LogP contribution in [0.25, 0.3) is 0 Å². The third-order valence-electron chi connectivity index (χ3n) is 4.76. The van der Waals surface area contributed by atoms with Crippen molar-refractivity contribution in [3.63, 3.8) is 0 Å². The summed E-state index contributed by atoms with van der Waals surface area (Å²) < 4.78 is 5.02.